The average molecular weight is 415 g/mol. The van der Waals surface area contributed by atoms with Crippen LogP contribution < -0.4 is 4.72 Å². The van der Waals surface area contributed by atoms with E-state index in [1.807, 2.05) is 6.92 Å². The molecule has 158 valence electrons. The van der Waals surface area contributed by atoms with Gasteiger partial charge in [-0.15, -0.1) is 0 Å². The molecule has 1 aliphatic heterocycles. The first-order valence-corrected chi connectivity index (χ1v) is 11.4. The molecule has 8 heteroatoms. The molecule has 0 saturated carbocycles. The van der Waals surface area contributed by atoms with Crippen LogP contribution in [-0.4, -0.2) is 44.8 Å². The molecule has 0 unspecified atom stereocenters. The highest BCUT2D eigenvalue weighted by Gasteiger charge is 2.44. The standard InChI is InChI=1S/C20H31FN2O4S/c1-15(19(2,3)4)23-14-12-20(27-18(23)24,11-6-13-22-28(5,25)26)16-7-9-17(21)10-8-16/h7-10,15,22H,6,11-14H2,1-5H3/t15-,20+/m0/s1. The van der Waals surface area contributed by atoms with Crippen LogP contribution in [0.4, 0.5) is 9.18 Å². The minimum atomic E-state index is -3.28. The van der Waals surface area contributed by atoms with Gasteiger partial charge in [0.2, 0.25) is 10.0 Å². The van der Waals surface area contributed by atoms with E-state index in [1.165, 1.54) is 12.1 Å². The van der Waals surface area contributed by atoms with Gasteiger partial charge in [-0.3, -0.25) is 0 Å². The van der Waals surface area contributed by atoms with Crippen LogP contribution in [0.5, 0.6) is 0 Å². The monoisotopic (exact) mass is 414 g/mol. The predicted molar refractivity (Wildman–Crippen MR) is 107 cm³/mol. The van der Waals surface area contributed by atoms with Crippen LogP contribution in [0.2, 0.25) is 0 Å². The Morgan fingerprint density at radius 3 is 2.39 bits per heavy atom. The SMILES string of the molecule is C[C@H](N1CC[C@](CCCNS(C)(=O)=O)(c2ccc(F)cc2)OC1=O)C(C)(C)C. The Balaban J connectivity index is 2.21. The largest absolute Gasteiger partial charge is 0.438 e. The second-order valence-electron chi connectivity index (χ2n) is 8.62. The van der Waals surface area contributed by atoms with Crippen LogP contribution in [0.15, 0.2) is 24.3 Å². The van der Waals surface area contributed by atoms with Crippen molar-refractivity contribution in [2.45, 2.75) is 58.6 Å². The van der Waals surface area contributed by atoms with Crippen molar-refractivity contribution in [2.24, 2.45) is 5.41 Å². The zero-order valence-electron chi connectivity index (χ0n) is 17.3. The Labute approximate surface area is 167 Å². The van der Waals surface area contributed by atoms with Crippen molar-refractivity contribution in [3.05, 3.63) is 35.6 Å². The van der Waals surface area contributed by atoms with Gasteiger partial charge < -0.3 is 9.64 Å². The molecule has 1 heterocycles. The molecule has 1 N–H and O–H groups in total. The Hall–Kier alpha value is -1.67. The van der Waals surface area contributed by atoms with Crippen molar-refractivity contribution < 1.29 is 22.3 Å². The first kappa shape index (κ1) is 22.6. The quantitative estimate of drug-likeness (QED) is 0.692. The molecule has 1 saturated heterocycles. The zero-order valence-corrected chi connectivity index (χ0v) is 18.1. The molecule has 1 aromatic carbocycles. The minimum Gasteiger partial charge on any atom is -0.438 e. The number of ether oxygens (including phenoxy) is 1. The lowest BCUT2D eigenvalue weighted by Crippen LogP contribution is -2.54. The number of hydrogen-bond donors (Lipinski definition) is 1. The molecule has 1 aliphatic rings. The molecule has 2 rings (SSSR count). The molecule has 0 aromatic heterocycles. The lowest BCUT2D eigenvalue weighted by molar-refractivity contribution is -0.0744. The van der Waals surface area contributed by atoms with Crippen LogP contribution in [0.3, 0.4) is 0 Å². The third kappa shape index (κ3) is 5.67. The van der Waals surface area contributed by atoms with E-state index in [0.717, 1.165) is 11.8 Å². The normalized spacial score (nSPS) is 22.1. The fraction of sp³-hybridized carbons (Fsp3) is 0.650. The highest BCUT2D eigenvalue weighted by molar-refractivity contribution is 7.88. The van der Waals surface area contributed by atoms with Crippen molar-refractivity contribution in [3.63, 3.8) is 0 Å². The topological polar surface area (TPSA) is 75.7 Å². The van der Waals surface area contributed by atoms with Crippen molar-refractivity contribution in [2.75, 3.05) is 19.3 Å². The number of carbonyl (C=O) groups is 1. The van der Waals surface area contributed by atoms with Gasteiger partial charge in [-0.1, -0.05) is 32.9 Å². The maximum Gasteiger partial charge on any atom is 0.410 e. The summed E-state index contributed by atoms with van der Waals surface area (Å²) in [5.41, 5.74) is -0.253. The molecule has 1 amide bonds. The molecule has 0 aliphatic carbocycles. The van der Waals surface area contributed by atoms with Gasteiger partial charge in [0.15, 0.2) is 0 Å². The molecular weight excluding hydrogens is 383 g/mol. The summed E-state index contributed by atoms with van der Waals surface area (Å²) < 4.78 is 44.4. The Bertz CT molecular complexity index is 789. The van der Waals surface area contributed by atoms with E-state index in [-0.39, 0.29) is 23.8 Å². The molecule has 0 radical (unpaired) electrons. The lowest BCUT2D eigenvalue weighted by Gasteiger charge is -2.46. The summed E-state index contributed by atoms with van der Waals surface area (Å²) in [6, 6.07) is 5.97. The molecule has 1 fully saturated rings. The van der Waals surface area contributed by atoms with Crippen molar-refractivity contribution in [3.8, 4) is 0 Å². The predicted octanol–water partition coefficient (Wildman–Crippen LogP) is 3.63. The van der Waals surface area contributed by atoms with E-state index < -0.39 is 21.7 Å². The van der Waals surface area contributed by atoms with Gasteiger partial charge in [0.25, 0.3) is 0 Å². The highest BCUT2D eigenvalue weighted by Crippen LogP contribution is 2.40. The van der Waals surface area contributed by atoms with E-state index in [1.54, 1.807) is 17.0 Å². The van der Waals surface area contributed by atoms with E-state index in [9.17, 15) is 17.6 Å². The summed E-state index contributed by atoms with van der Waals surface area (Å²) in [6.45, 7) is 8.99. The summed E-state index contributed by atoms with van der Waals surface area (Å²) in [4.78, 5) is 14.6. The van der Waals surface area contributed by atoms with Crippen molar-refractivity contribution >= 4 is 16.1 Å². The lowest BCUT2D eigenvalue weighted by atomic mass is 9.82. The number of halogens is 1. The Kier molecular flexibility index (Phi) is 6.76. The number of cyclic esters (lactones) is 1. The summed E-state index contributed by atoms with van der Waals surface area (Å²) in [6.07, 6.45) is 2.21. The van der Waals surface area contributed by atoms with Gasteiger partial charge in [0, 0.05) is 25.6 Å². The number of carbonyl (C=O) groups excluding carboxylic acids is 1. The van der Waals surface area contributed by atoms with E-state index in [4.69, 9.17) is 4.74 Å². The van der Waals surface area contributed by atoms with Gasteiger partial charge >= 0.3 is 6.09 Å². The Morgan fingerprint density at radius 1 is 1.29 bits per heavy atom. The average Bonchev–Trinajstić information content (AvgIpc) is 2.57. The van der Waals surface area contributed by atoms with Crippen LogP contribution in [0.1, 0.15) is 52.5 Å². The molecule has 28 heavy (non-hydrogen) atoms. The number of benzene rings is 1. The van der Waals surface area contributed by atoms with Gasteiger partial charge in [-0.25, -0.2) is 22.3 Å². The minimum absolute atomic E-state index is 0.00174. The fourth-order valence-corrected chi connectivity index (χ4v) is 3.91. The first-order chi connectivity index (χ1) is 12.8. The molecule has 0 bridgehead atoms. The van der Waals surface area contributed by atoms with Crippen LogP contribution in [-0.2, 0) is 20.4 Å². The van der Waals surface area contributed by atoms with Gasteiger partial charge in [0.1, 0.15) is 11.4 Å². The number of sulfonamides is 1. The van der Waals surface area contributed by atoms with Gasteiger partial charge in [0.05, 0.1) is 6.26 Å². The van der Waals surface area contributed by atoms with Crippen LogP contribution in [0, 0.1) is 11.2 Å². The molecular formula is C20H31FN2O4S. The molecule has 6 nitrogen and oxygen atoms in total. The van der Waals surface area contributed by atoms with Crippen molar-refractivity contribution in [1.82, 2.24) is 9.62 Å². The summed E-state index contributed by atoms with van der Waals surface area (Å²) in [5, 5.41) is 0. The first-order valence-electron chi connectivity index (χ1n) is 9.54. The smallest absolute Gasteiger partial charge is 0.410 e. The number of hydrogen-bond acceptors (Lipinski definition) is 4. The number of rotatable bonds is 7. The number of nitrogens with one attached hydrogen (secondary N) is 1. The maximum absolute atomic E-state index is 13.4. The second kappa shape index (κ2) is 8.37. The molecule has 1 aromatic rings. The van der Waals surface area contributed by atoms with Crippen LogP contribution in [0.25, 0.3) is 0 Å². The van der Waals surface area contributed by atoms with E-state index in [2.05, 4.69) is 25.5 Å². The fourth-order valence-electron chi connectivity index (χ4n) is 3.40. The third-order valence-electron chi connectivity index (χ3n) is 5.49. The van der Waals surface area contributed by atoms with Crippen LogP contribution >= 0.6 is 0 Å². The third-order valence-corrected chi connectivity index (χ3v) is 6.22. The van der Waals surface area contributed by atoms with Gasteiger partial charge in [-0.2, -0.15) is 0 Å². The number of nitrogens with zero attached hydrogens (tertiary/aromatic N) is 1. The Morgan fingerprint density at radius 2 is 1.89 bits per heavy atom. The van der Waals surface area contributed by atoms with Gasteiger partial charge in [-0.05, 0) is 42.9 Å². The van der Waals surface area contributed by atoms with E-state index >= 15 is 0 Å². The summed E-state index contributed by atoms with van der Waals surface area (Å²) >= 11 is 0. The zero-order chi connectivity index (χ0) is 21.2. The van der Waals surface area contributed by atoms with Crippen molar-refractivity contribution in [1.29, 1.82) is 0 Å². The molecule has 2 atom stereocenters. The summed E-state index contributed by atoms with van der Waals surface area (Å²) in [5.74, 6) is -0.359. The summed E-state index contributed by atoms with van der Waals surface area (Å²) in [7, 11) is -3.28. The highest BCUT2D eigenvalue weighted by atomic mass is 32.2. The number of amides is 1. The second-order valence-corrected chi connectivity index (χ2v) is 10.5. The maximum atomic E-state index is 13.4. The van der Waals surface area contributed by atoms with E-state index in [0.29, 0.717) is 25.8 Å². The molecule has 0 spiro atoms.